The van der Waals surface area contributed by atoms with E-state index in [2.05, 4.69) is 9.24 Å². The number of rotatable bonds is 5. The first-order valence-electron chi connectivity index (χ1n) is 8.99. The highest BCUT2D eigenvalue weighted by Crippen LogP contribution is 2.18. The molecule has 134 valence electrons. The Balaban J connectivity index is 1.48. The second-order valence-corrected chi connectivity index (χ2v) is 6.30. The zero-order valence-electron chi connectivity index (χ0n) is 15.2. The van der Waals surface area contributed by atoms with Gasteiger partial charge in [0.05, 0.1) is 6.54 Å². The van der Waals surface area contributed by atoms with Gasteiger partial charge in [-0.1, -0.05) is 41.1 Å². The van der Waals surface area contributed by atoms with Crippen LogP contribution in [0, 0.1) is 0 Å². The topological polar surface area (TPSA) is 41.4 Å². The van der Waals surface area contributed by atoms with E-state index in [0.29, 0.717) is 6.61 Å². The molecule has 0 fully saturated rings. The maximum atomic E-state index is 5.87. The first-order valence-corrected chi connectivity index (χ1v) is 8.99. The summed E-state index contributed by atoms with van der Waals surface area (Å²) in [7, 11) is 0. The predicted molar refractivity (Wildman–Crippen MR) is 108 cm³/mol. The second-order valence-electron chi connectivity index (χ2n) is 6.30. The molecule has 0 radical (unpaired) electrons. The number of fused-ring (bicyclic) bond motifs is 1. The summed E-state index contributed by atoms with van der Waals surface area (Å²) < 4.78 is 18.4. The molecule has 2 heterocycles. The lowest BCUT2D eigenvalue weighted by Gasteiger charge is -2.07. The van der Waals surface area contributed by atoms with Crippen molar-refractivity contribution < 1.29 is 9.15 Å². The van der Waals surface area contributed by atoms with Crippen molar-refractivity contribution in [2.24, 2.45) is 0 Å². The van der Waals surface area contributed by atoms with Gasteiger partial charge >= 0.3 is 11.1 Å². The van der Waals surface area contributed by atoms with Gasteiger partial charge in [-0.2, -0.15) is 0 Å². The lowest BCUT2D eigenvalue weighted by Crippen LogP contribution is -2.14. The first kappa shape index (κ1) is 17.0. The van der Waals surface area contributed by atoms with E-state index < -0.39 is 0 Å². The summed E-state index contributed by atoms with van der Waals surface area (Å²) >= 11 is 0. The normalized spacial score (nSPS) is 10.6. The van der Waals surface area contributed by atoms with E-state index >= 15 is 0 Å². The van der Waals surface area contributed by atoms with Crippen molar-refractivity contribution in [3.63, 3.8) is 0 Å². The SMILES string of the molecule is CC(=[N+]=c1ccn(CCOc2ccccc2)cc1)c1cc2ccccc2o1. The molecule has 0 aliphatic heterocycles. The average molecular weight is 357 g/mol. The minimum Gasteiger partial charge on any atom is -0.492 e. The highest BCUT2D eigenvalue weighted by molar-refractivity contribution is 5.98. The van der Waals surface area contributed by atoms with Crippen LogP contribution in [-0.4, -0.2) is 16.9 Å². The molecule has 0 saturated heterocycles. The van der Waals surface area contributed by atoms with E-state index in [4.69, 9.17) is 9.15 Å². The number of pyridine rings is 1. The third-order valence-electron chi connectivity index (χ3n) is 4.31. The summed E-state index contributed by atoms with van der Waals surface area (Å²) in [5.41, 5.74) is 1.74. The average Bonchev–Trinajstić information content (AvgIpc) is 3.15. The van der Waals surface area contributed by atoms with Crippen LogP contribution in [-0.2, 0) is 6.54 Å². The van der Waals surface area contributed by atoms with Crippen LogP contribution in [0.4, 0.5) is 0 Å². The molecule has 0 bridgehead atoms. The van der Waals surface area contributed by atoms with E-state index in [1.807, 2.05) is 92.1 Å². The quantitative estimate of drug-likeness (QED) is 0.403. The molecule has 4 aromatic rings. The van der Waals surface area contributed by atoms with Crippen LogP contribution in [0.25, 0.3) is 11.0 Å². The van der Waals surface area contributed by atoms with E-state index in [1.165, 1.54) is 0 Å². The fourth-order valence-corrected chi connectivity index (χ4v) is 2.87. The van der Waals surface area contributed by atoms with Gasteiger partial charge in [0.25, 0.3) is 0 Å². The van der Waals surface area contributed by atoms with Crippen LogP contribution in [0.1, 0.15) is 12.7 Å². The van der Waals surface area contributed by atoms with Crippen LogP contribution in [0.5, 0.6) is 5.75 Å². The van der Waals surface area contributed by atoms with Crippen molar-refractivity contribution in [3.05, 3.63) is 96.3 Å². The number of hydrogen-bond donors (Lipinski definition) is 0. The molecular formula is C23H21N2O2+. The van der Waals surface area contributed by atoms with Crippen LogP contribution >= 0.6 is 0 Å². The third-order valence-corrected chi connectivity index (χ3v) is 4.31. The predicted octanol–water partition coefficient (Wildman–Crippen LogP) is 3.79. The standard InChI is InChI=1S/C23H21N2O2/c1-18(23-17-19-7-5-6-10-22(19)27-23)24-20-11-13-25(14-12-20)15-16-26-21-8-3-2-4-9-21/h2-14,17H,15-16H2,1H3/q+1. The Labute approximate surface area is 157 Å². The molecule has 4 heteroatoms. The zero-order valence-corrected chi connectivity index (χ0v) is 15.2. The summed E-state index contributed by atoms with van der Waals surface area (Å²) in [5.74, 6) is 1.69. The van der Waals surface area contributed by atoms with Gasteiger partial charge in [-0.15, -0.1) is 0 Å². The zero-order chi connectivity index (χ0) is 18.5. The Hall–Kier alpha value is -3.49. The highest BCUT2D eigenvalue weighted by atomic mass is 16.5. The van der Waals surface area contributed by atoms with Crippen molar-refractivity contribution in [3.8, 4) is 5.75 Å². The minimum absolute atomic E-state index is 0.620. The van der Waals surface area contributed by atoms with Gasteiger partial charge in [0.2, 0.25) is 5.76 Å². The number of ether oxygens (including phenoxy) is 1. The van der Waals surface area contributed by atoms with Gasteiger partial charge in [0, 0.05) is 36.8 Å². The molecule has 4 rings (SSSR count). The molecule has 2 aromatic carbocycles. The van der Waals surface area contributed by atoms with Crippen LogP contribution in [0.3, 0.4) is 0 Å². The smallest absolute Gasteiger partial charge is 0.343 e. The number of nitrogens with zero attached hydrogens (tertiary/aromatic N) is 2. The van der Waals surface area contributed by atoms with Gasteiger partial charge < -0.3 is 13.7 Å². The summed E-state index contributed by atoms with van der Waals surface area (Å²) in [5, 5.41) is 1.99. The number of para-hydroxylation sites is 2. The number of benzene rings is 2. The summed E-state index contributed by atoms with van der Waals surface area (Å²) in [4.78, 5) is 0. The van der Waals surface area contributed by atoms with Gasteiger partial charge in [0.1, 0.15) is 17.9 Å². The van der Waals surface area contributed by atoms with Crippen LogP contribution < -0.4 is 14.8 Å². The third kappa shape index (κ3) is 4.20. The van der Waals surface area contributed by atoms with Crippen molar-refractivity contribution in [2.75, 3.05) is 6.61 Å². The van der Waals surface area contributed by atoms with Crippen LogP contribution in [0.15, 0.2) is 89.6 Å². The molecular weight excluding hydrogens is 336 g/mol. The van der Waals surface area contributed by atoms with Gasteiger partial charge in [-0.25, -0.2) is 0 Å². The summed E-state index contributed by atoms with van der Waals surface area (Å²) in [6.07, 6.45) is 4.03. The van der Waals surface area contributed by atoms with E-state index in [1.54, 1.807) is 0 Å². The van der Waals surface area contributed by atoms with Gasteiger partial charge in [-0.05, 0) is 24.3 Å². The Kier molecular flexibility index (Phi) is 4.91. The fourth-order valence-electron chi connectivity index (χ4n) is 2.87. The lowest BCUT2D eigenvalue weighted by molar-refractivity contribution is 0.298. The molecule has 0 aliphatic carbocycles. The van der Waals surface area contributed by atoms with Crippen molar-refractivity contribution in [2.45, 2.75) is 13.5 Å². The molecule has 0 N–H and O–H groups in total. The van der Waals surface area contributed by atoms with Crippen molar-refractivity contribution >= 4 is 16.7 Å². The maximum Gasteiger partial charge on any atom is 0.343 e. The van der Waals surface area contributed by atoms with Crippen molar-refractivity contribution in [1.82, 2.24) is 9.24 Å². The minimum atomic E-state index is 0.620. The van der Waals surface area contributed by atoms with E-state index in [0.717, 1.165) is 40.1 Å². The maximum absolute atomic E-state index is 5.87. The number of aromatic nitrogens is 1. The lowest BCUT2D eigenvalue weighted by atomic mass is 10.2. The molecule has 0 spiro atoms. The Morgan fingerprint density at radius 3 is 2.48 bits per heavy atom. The van der Waals surface area contributed by atoms with E-state index in [-0.39, 0.29) is 0 Å². The molecule has 0 aliphatic rings. The Bertz CT molecular complexity index is 1100. The monoisotopic (exact) mass is 357 g/mol. The Morgan fingerprint density at radius 1 is 0.963 bits per heavy atom. The molecule has 2 aromatic heterocycles. The number of hydrogen-bond acceptors (Lipinski definition) is 2. The largest absolute Gasteiger partial charge is 0.492 e. The number of furan rings is 1. The van der Waals surface area contributed by atoms with Crippen molar-refractivity contribution in [1.29, 1.82) is 0 Å². The first-order chi connectivity index (χ1) is 13.3. The molecule has 0 atom stereocenters. The molecule has 4 nitrogen and oxygen atoms in total. The van der Waals surface area contributed by atoms with Crippen LogP contribution in [0.2, 0.25) is 0 Å². The molecule has 0 saturated carbocycles. The van der Waals surface area contributed by atoms with E-state index in [9.17, 15) is 0 Å². The second kappa shape index (κ2) is 7.81. The van der Waals surface area contributed by atoms with Gasteiger partial charge in [0.15, 0.2) is 0 Å². The van der Waals surface area contributed by atoms with Gasteiger partial charge in [-0.3, -0.25) is 0 Å². The summed E-state index contributed by atoms with van der Waals surface area (Å²) in [6, 6.07) is 23.8. The summed E-state index contributed by atoms with van der Waals surface area (Å²) in [6.45, 7) is 3.36. The molecule has 0 amide bonds. The molecule has 27 heavy (non-hydrogen) atoms. The molecule has 0 unspecified atom stereocenters. The highest BCUT2D eigenvalue weighted by Gasteiger charge is 2.12. The Morgan fingerprint density at radius 2 is 1.70 bits per heavy atom. The fraction of sp³-hybridized carbons (Fsp3) is 0.130.